The van der Waals surface area contributed by atoms with Gasteiger partial charge in [0.2, 0.25) is 0 Å². The first-order valence-electron chi connectivity index (χ1n) is 8.84. The number of ether oxygens (including phenoxy) is 3. The third-order valence-corrected chi connectivity index (χ3v) is 4.31. The Bertz CT molecular complexity index is 838. The second kappa shape index (κ2) is 8.12. The Hall–Kier alpha value is -3.02. The lowest BCUT2D eigenvalue weighted by molar-refractivity contribution is -0.124. The molecule has 6 nitrogen and oxygen atoms in total. The average Bonchev–Trinajstić information content (AvgIpc) is 2.63. The first-order chi connectivity index (χ1) is 12.9. The predicted molar refractivity (Wildman–Crippen MR) is 100 cm³/mol. The van der Waals surface area contributed by atoms with Gasteiger partial charge in [0, 0.05) is 0 Å². The predicted octanol–water partition coefficient (Wildman–Crippen LogP) is 2.72. The first kappa shape index (κ1) is 18.8. The Labute approximate surface area is 158 Å². The van der Waals surface area contributed by atoms with Gasteiger partial charge in [-0.2, -0.15) is 0 Å². The number of esters is 1. The summed E-state index contributed by atoms with van der Waals surface area (Å²) in [4.78, 5) is 24.3. The molecule has 1 aliphatic heterocycles. The molecule has 1 N–H and O–H groups in total. The number of carbonyl (C=O) groups excluding carboxylic acids is 2. The van der Waals surface area contributed by atoms with Crippen molar-refractivity contribution in [2.24, 2.45) is 0 Å². The summed E-state index contributed by atoms with van der Waals surface area (Å²) in [5, 5.41) is 2.71. The van der Waals surface area contributed by atoms with E-state index in [1.807, 2.05) is 57.2 Å². The Morgan fingerprint density at radius 1 is 1.11 bits per heavy atom. The van der Waals surface area contributed by atoms with E-state index in [2.05, 4.69) is 5.32 Å². The molecule has 1 heterocycles. The number of nitrogens with one attached hydrogen (secondary N) is 1. The minimum atomic E-state index is -0.494. The number of para-hydroxylation sites is 2. The van der Waals surface area contributed by atoms with Crippen LogP contribution in [-0.4, -0.2) is 37.7 Å². The molecular weight excluding hydrogens is 346 g/mol. The van der Waals surface area contributed by atoms with Crippen molar-refractivity contribution in [3.63, 3.8) is 0 Å². The summed E-state index contributed by atoms with van der Waals surface area (Å²) < 4.78 is 16.5. The van der Waals surface area contributed by atoms with E-state index in [0.717, 1.165) is 16.7 Å². The molecule has 27 heavy (non-hydrogen) atoms. The molecule has 2 aromatic carbocycles. The van der Waals surface area contributed by atoms with Crippen LogP contribution >= 0.6 is 0 Å². The van der Waals surface area contributed by atoms with E-state index in [1.54, 1.807) is 0 Å². The second-order valence-electron chi connectivity index (χ2n) is 6.65. The molecule has 0 aromatic heterocycles. The lowest BCUT2D eigenvalue weighted by atomic mass is 10.00. The minimum absolute atomic E-state index is 0.271. The normalized spacial score (nSPS) is 15.1. The van der Waals surface area contributed by atoms with Crippen LogP contribution in [0.2, 0.25) is 0 Å². The highest BCUT2D eigenvalue weighted by atomic mass is 16.6. The molecule has 0 radical (unpaired) electrons. The molecule has 0 saturated heterocycles. The third-order valence-electron chi connectivity index (χ3n) is 4.31. The van der Waals surface area contributed by atoms with Gasteiger partial charge in [-0.1, -0.05) is 29.8 Å². The van der Waals surface area contributed by atoms with E-state index >= 15 is 0 Å². The standard InChI is InChI=1S/C21H23NO5/c1-13-8-14(2)20(15(3)9-13)21(24)26-12-19(23)22-10-16-11-25-17-6-4-5-7-18(17)27-16/h4-9,16H,10-12H2,1-3H3,(H,22,23). The van der Waals surface area contributed by atoms with Crippen LogP contribution in [0.25, 0.3) is 0 Å². The van der Waals surface area contributed by atoms with Gasteiger partial charge in [-0.3, -0.25) is 4.79 Å². The van der Waals surface area contributed by atoms with Crippen molar-refractivity contribution in [1.82, 2.24) is 5.32 Å². The molecule has 0 fully saturated rings. The van der Waals surface area contributed by atoms with Crippen LogP contribution in [0.1, 0.15) is 27.0 Å². The average molecular weight is 369 g/mol. The zero-order chi connectivity index (χ0) is 19.4. The van der Waals surface area contributed by atoms with E-state index in [0.29, 0.717) is 23.7 Å². The van der Waals surface area contributed by atoms with Gasteiger partial charge in [0.25, 0.3) is 5.91 Å². The number of hydrogen-bond donors (Lipinski definition) is 1. The van der Waals surface area contributed by atoms with E-state index in [-0.39, 0.29) is 25.2 Å². The summed E-state index contributed by atoms with van der Waals surface area (Å²) in [6.45, 7) is 5.96. The van der Waals surface area contributed by atoms with Crippen LogP contribution in [-0.2, 0) is 9.53 Å². The SMILES string of the molecule is Cc1cc(C)c(C(=O)OCC(=O)NCC2COc3ccccc3O2)c(C)c1. The van der Waals surface area contributed by atoms with Gasteiger partial charge in [-0.25, -0.2) is 4.79 Å². The van der Waals surface area contributed by atoms with Gasteiger partial charge in [0.15, 0.2) is 18.1 Å². The van der Waals surface area contributed by atoms with Gasteiger partial charge < -0.3 is 19.5 Å². The molecule has 3 rings (SSSR count). The minimum Gasteiger partial charge on any atom is -0.486 e. The van der Waals surface area contributed by atoms with Gasteiger partial charge in [0.1, 0.15) is 12.7 Å². The number of carbonyl (C=O) groups is 2. The van der Waals surface area contributed by atoms with Crippen LogP contribution < -0.4 is 14.8 Å². The summed E-state index contributed by atoms with van der Waals surface area (Å²) >= 11 is 0. The van der Waals surface area contributed by atoms with E-state index in [4.69, 9.17) is 14.2 Å². The molecule has 0 spiro atoms. The molecule has 0 saturated carbocycles. The van der Waals surface area contributed by atoms with Crippen molar-refractivity contribution in [3.05, 3.63) is 58.7 Å². The fourth-order valence-electron chi connectivity index (χ4n) is 3.15. The van der Waals surface area contributed by atoms with E-state index < -0.39 is 5.97 Å². The summed E-state index contributed by atoms with van der Waals surface area (Å²) in [6, 6.07) is 11.2. The second-order valence-corrected chi connectivity index (χ2v) is 6.65. The molecule has 1 atom stereocenters. The Morgan fingerprint density at radius 3 is 2.48 bits per heavy atom. The summed E-state index contributed by atoms with van der Waals surface area (Å²) in [5.41, 5.74) is 3.26. The zero-order valence-corrected chi connectivity index (χ0v) is 15.7. The number of rotatable bonds is 5. The van der Waals surface area contributed by atoms with Crippen LogP contribution in [0.5, 0.6) is 11.5 Å². The fourth-order valence-corrected chi connectivity index (χ4v) is 3.15. The highest BCUT2D eigenvalue weighted by molar-refractivity contribution is 5.94. The number of hydrogen-bond acceptors (Lipinski definition) is 5. The molecule has 0 aliphatic carbocycles. The molecule has 1 unspecified atom stereocenters. The monoisotopic (exact) mass is 369 g/mol. The van der Waals surface area contributed by atoms with Gasteiger partial charge in [-0.15, -0.1) is 0 Å². The van der Waals surface area contributed by atoms with Crippen LogP contribution in [0.15, 0.2) is 36.4 Å². The van der Waals surface area contributed by atoms with Gasteiger partial charge in [-0.05, 0) is 44.0 Å². The number of benzene rings is 2. The number of amides is 1. The molecule has 1 amide bonds. The number of aryl methyl sites for hydroxylation is 3. The Balaban J connectivity index is 1.47. The zero-order valence-electron chi connectivity index (χ0n) is 15.7. The lowest BCUT2D eigenvalue weighted by Crippen LogP contribution is -2.42. The van der Waals surface area contributed by atoms with Crippen molar-refractivity contribution < 1.29 is 23.8 Å². The highest BCUT2D eigenvalue weighted by Crippen LogP contribution is 2.30. The molecule has 0 bridgehead atoms. The summed E-state index contributed by atoms with van der Waals surface area (Å²) in [6.07, 6.45) is -0.291. The summed E-state index contributed by atoms with van der Waals surface area (Å²) in [5.74, 6) is 0.470. The van der Waals surface area contributed by atoms with Crippen LogP contribution in [0, 0.1) is 20.8 Å². The van der Waals surface area contributed by atoms with Crippen molar-refractivity contribution in [1.29, 1.82) is 0 Å². The van der Waals surface area contributed by atoms with E-state index in [9.17, 15) is 9.59 Å². The largest absolute Gasteiger partial charge is 0.486 e. The maximum atomic E-state index is 12.3. The van der Waals surface area contributed by atoms with Crippen LogP contribution in [0.3, 0.4) is 0 Å². The van der Waals surface area contributed by atoms with Crippen molar-refractivity contribution in [2.45, 2.75) is 26.9 Å². The first-order valence-corrected chi connectivity index (χ1v) is 8.84. The molecule has 2 aromatic rings. The highest BCUT2D eigenvalue weighted by Gasteiger charge is 2.21. The Kier molecular flexibility index (Phi) is 5.64. The molecular formula is C21H23NO5. The molecule has 142 valence electrons. The smallest absolute Gasteiger partial charge is 0.339 e. The van der Waals surface area contributed by atoms with Crippen molar-refractivity contribution in [2.75, 3.05) is 19.8 Å². The van der Waals surface area contributed by atoms with Gasteiger partial charge >= 0.3 is 5.97 Å². The number of fused-ring (bicyclic) bond motifs is 1. The van der Waals surface area contributed by atoms with Crippen molar-refractivity contribution >= 4 is 11.9 Å². The summed E-state index contributed by atoms with van der Waals surface area (Å²) in [7, 11) is 0. The quantitative estimate of drug-likeness (QED) is 0.821. The van der Waals surface area contributed by atoms with Crippen LogP contribution in [0.4, 0.5) is 0 Å². The van der Waals surface area contributed by atoms with E-state index in [1.165, 1.54) is 0 Å². The topological polar surface area (TPSA) is 73.9 Å². The third kappa shape index (κ3) is 4.58. The lowest BCUT2D eigenvalue weighted by Gasteiger charge is -2.26. The maximum Gasteiger partial charge on any atom is 0.339 e. The molecule has 1 aliphatic rings. The fraction of sp³-hybridized carbons (Fsp3) is 0.333. The van der Waals surface area contributed by atoms with Gasteiger partial charge in [0.05, 0.1) is 12.1 Å². The van der Waals surface area contributed by atoms with Crippen molar-refractivity contribution in [3.8, 4) is 11.5 Å². The maximum absolute atomic E-state index is 12.3. The Morgan fingerprint density at radius 2 is 1.78 bits per heavy atom. The molecule has 6 heteroatoms.